The van der Waals surface area contributed by atoms with Crippen molar-refractivity contribution < 1.29 is 14.3 Å². The van der Waals surface area contributed by atoms with Gasteiger partial charge in [-0.25, -0.2) is 4.39 Å². The second-order valence-electron chi connectivity index (χ2n) is 4.90. The van der Waals surface area contributed by atoms with Crippen LogP contribution in [0.25, 0.3) is 0 Å². The Balaban J connectivity index is 2.05. The van der Waals surface area contributed by atoms with Crippen LogP contribution in [-0.2, 0) is 4.79 Å². The summed E-state index contributed by atoms with van der Waals surface area (Å²) in [5.74, 6) is -0.649. The number of hydrogen-bond acceptors (Lipinski definition) is 1. The zero-order valence-electron chi connectivity index (χ0n) is 9.95. The summed E-state index contributed by atoms with van der Waals surface area (Å²) in [6.45, 7) is 1.77. The van der Waals surface area contributed by atoms with Crippen molar-refractivity contribution in [1.82, 2.24) is 0 Å². The van der Waals surface area contributed by atoms with Gasteiger partial charge in [0, 0.05) is 0 Å². The molecule has 92 valence electrons. The highest BCUT2D eigenvalue weighted by molar-refractivity contribution is 5.70. The average molecular weight is 236 g/mol. The number of carbonyl (C=O) groups is 1. The maximum Gasteiger partial charge on any atom is 0.306 e. The molecule has 0 unspecified atom stereocenters. The van der Waals surface area contributed by atoms with Gasteiger partial charge in [-0.1, -0.05) is 12.1 Å². The predicted octanol–water partition coefficient (Wildman–Crippen LogP) is 3.49. The van der Waals surface area contributed by atoms with Crippen molar-refractivity contribution in [2.45, 2.75) is 38.5 Å². The Kier molecular flexibility index (Phi) is 3.46. The Labute approximate surface area is 100 Å². The number of aryl methyl sites for hydroxylation is 1. The Morgan fingerprint density at radius 3 is 2.47 bits per heavy atom. The summed E-state index contributed by atoms with van der Waals surface area (Å²) in [5.41, 5.74) is 1.82. The molecule has 0 radical (unpaired) electrons. The van der Waals surface area contributed by atoms with E-state index < -0.39 is 5.97 Å². The van der Waals surface area contributed by atoms with Crippen LogP contribution in [-0.4, -0.2) is 11.1 Å². The van der Waals surface area contributed by atoms with Crippen LogP contribution in [0.15, 0.2) is 18.2 Å². The van der Waals surface area contributed by atoms with E-state index >= 15 is 0 Å². The van der Waals surface area contributed by atoms with E-state index in [9.17, 15) is 9.18 Å². The molecule has 0 amide bonds. The van der Waals surface area contributed by atoms with Crippen molar-refractivity contribution in [3.05, 3.63) is 35.1 Å². The smallest absolute Gasteiger partial charge is 0.306 e. The van der Waals surface area contributed by atoms with Crippen LogP contribution in [0.5, 0.6) is 0 Å². The Bertz CT molecular complexity index is 420. The molecule has 1 fully saturated rings. The van der Waals surface area contributed by atoms with E-state index in [0.29, 0.717) is 11.5 Å². The highest BCUT2D eigenvalue weighted by Gasteiger charge is 2.26. The molecule has 0 aromatic heterocycles. The molecule has 1 aliphatic rings. The van der Waals surface area contributed by atoms with Crippen molar-refractivity contribution in [2.75, 3.05) is 0 Å². The number of aliphatic carboxylic acids is 1. The lowest BCUT2D eigenvalue weighted by atomic mass is 9.78. The molecule has 0 heterocycles. The topological polar surface area (TPSA) is 37.3 Å². The molecule has 0 saturated heterocycles. The van der Waals surface area contributed by atoms with Crippen molar-refractivity contribution in [1.29, 1.82) is 0 Å². The quantitative estimate of drug-likeness (QED) is 0.853. The standard InChI is InChI=1S/C14H17FO2/c1-9-8-12(6-7-13(9)15)10-2-4-11(5-3-10)14(16)17/h6-8,10-11H,2-5H2,1H3,(H,16,17). The van der Waals surface area contributed by atoms with Gasteiger partial charge in [0.1, 0.15) is 5.82 Å². The highest BCUT2D eigenvalue weighted by atomic mass is 19.1. The Morgan fingerprint density at radius 1 is 1.29 bits per heavy atom. The minimum absolute atomic E-state index is 0.173. The van der Waals surface area contributed by atoms with E-state index in [1.807, 2.05) is 12.1 Å². The highest BCUT2D eigenvalue weighted by Crippen LogP contribution is 2.36. The molecule has 0 spiro atoms. The van der Waals surface area contributed by atoms with Crippen molar-refractivity contribution in [3.8, 4) is 0 Å². The summed E-state index contributed by atoms with van der Waals surface area (Å²) in [6.07, 6.45) is 3.25. The van der Waals surface area contributed by atoms with Crippen LogP contribution >= 0.6 is 0 Å². The molecule has 0 aliphatic heterocycles. The van der Waals surface area contributed by atoms with Gasteiger partial charge in [0.15, 0.2) is 0 Å². The third-order valence-electron chi connectivity index (χ3n) is 3.73. The molecule has 1 saturated carbocycles. The summed E-state index contributed by atoms with van der Waals surface area (Å²) in [7, 11) is 0. The van der Waals surface area contributed by atoms with Crippen molar-refractivity contribution in [2.24, 2.45) is 5.92 Å². The molecular formula is C14H17FO2. The lowest BCUT2D eigenvalue weighted by Crippen LogP contribution is -2.20. The lowest BCUT2D eigenvalue weighted by Gasteiger charge is -2.26. The molecular weight excluding hydrogens is 219 g/mol. The van der Waals surface area contributed by atoms with E-state index in [2.05, 4.69) is 0 Å². The summed E-state index contributed by atoms with van der Waals surface area (Å²) in [6, 6.07) is 5.23. The molecule has 1 aromatic carbocycles. The minimum atomic E-state index is -0.682. The van der Waals surface area contributed by atoms with Gasteiger partial charge in [-0.2, -0.15) is 0 Å². The van der Waals surface area contributed by atoms with Gasteiger partial charge in [0.2, 0.25) is 0 Å². The number of carboxylic acids is 1. The number of rotatable bonds is 2. The normalized spacial score (nSPS) is 24.6. The van der Waals surface area contributed by atoms with E-state index in [1.165, 1.54) is 6.07 Å². The van der Waals surface area contributed by atoms with Crippen LogP contribution in [0.2, 0.25) is 0 Å². The molecule has 0 bridgehead atoms. The van der Waals surface area contributed by atoms with Crippen LogP contribution in [0.4, 0.5) is 4.39 Å². The van der Waals surface area contributed by atoms with Gasteiger partial charge in [-0.15, -0.1) is 0 Å². The second-order valence-corrected chi connectivity index (χ2v) is 4.90. The first-order chi connectivity index (χ1) is 8.08. The van der Waals surface area contributed by atoms with Gasteiger partial charge in [0.05, 0.1) is 5.92 Å². The monoisotopic (exact) mass is 236 g/mol. The number of halogens is 1. The largest absolute Gasteiger partial charge is 0.481 e. The van der Waals surface area contributed by atoms with Crippen molar-refractivity contribution in [3.63, 3.8) is 0 Å². The molecule has 3 heteroatoms. The molecule has 1 aromatic rings. The SMILES string of the molecule is Cc1cc(C2CCC(C(=O)O)CC2)ccc1F. The Morgan fingerprint density at radius 2 is 1.94 bits per heavy atom. The van der Waals surface area contributed by atoms with Crippen LogP contribution < -0.4 is 0 Å². The van der Waals surface area contributed by atoms with Crippen LogP contribution in [0.1, 0.15) is 42.7 Å². The fraction of sp³-hybridized carbons (Fsp3) is 0.500. The van der Waals surface area contributed by atoms with E-state index in [0.717, 1.165) is 31.2 Å². The molecule has 2 rings (SSSR count). The fourth-order valence-electron chi connectivity index (χ4n) is 2.60. The summed E-state index contributed by atoms with van der Waals surface area (Å²) in [4.78, 5) is 10.8. The first-order valence-electron chi connectivity index (χ1n) is 6.07. The number of hydrogen-bond donors (Lipinski definition) is 1. The minimum Gasteiger partial charge on any atom is -0.481 e. The molecule has 1 N–H and O–H groups in total. The van der Waals surface area contributed by atoms with Gasteiger partial charge >= 0.3 is 5.97 Å². The second kappa shape index (κ2) is 4.86. The molecule has 17 heavy (non-hydrogen) atoms. The zero-order chi connectivity index (χ0) is 12.4. The first kappa shape index (κ1) is 12.1. The van der Waals surface area contributed by atoms with Crippen LogP contribution in [0.3, 0.4) is 0 Å². The lowest BCUT2D eigenvalue weighted by molar-refractivity contribution is -0.142. The maximum atomic E-state index is 13.2. The van der Waals surface area contributed by atoms with Gasteiger partial charge < -0.3 is 5.11 Å². The number of carboxylic acid groups (broad SMARTS) is 1. The zero-order valence-corrected chi connectivity index (χ0v) is 9.95. The predicted molar refractivity (Wildman–Crippen MR) is 63.5 cm³/mol. The summed E-state index contributed by atoms with van der Waals surface area (Å²) in [5, 5.41) is 8.93. The van der Waals surface area contributed by atoms with Crippen LogP contribution in [0, 0.1) is 18.7 Å². The Hall–Kier alpha value is -1.38. The van der Waals surface area contributed by atoms with Gasteiger partial charge in [0.25, 0.3) is 0 Å². The van der Waals surface area contributed by atoms with E-state index in [-0.39, 0.29) is 11.7 Å². The van der Waals surface area contributed by atoms with Crippen molar-refractivity contribution >= 4 is 5.97 Å². The molecule has 2 nitrogen and oxygen atoms in total. The van der Waals surface area contributed by atoms with Gasteiger partial charge in [-0.05, 0) is 55.7 Å². The molecule has 0 atom stereocenters. The molecule has 1 aliphatic carbocycles. The average Bonchev–Trinajstić information content (AvgIpc) is 2.33. The first-order valence-corrected chi connectivity index (χ1v) is 6.07. The summed E-state index contributed by atoms with van der Waals surface area (Å²) >= 11 is 0. The van der Waals surface area contributed by atoms with Gasteiger partial charge in [-0.3, -0.25) is 4.79 Å². The maximum absolute atomic E-state index is 13.2. The fourth-order valence-corrected chi connectivity index (χ4v) is 2.60. The third kappa shape index (κ3) is 2.65. The third-order valence-corrected chi connectivity index (χ3v) is 3.73. The summed E-state index contributed by atoms with van der Waals surface area (Å²) < 4.78 is 13.2. The number of benzene rings is 1. The van der Waals surface area contributed by atoms with E-state index in [4.69, 9.17) is 5.11 Å². The van der Waals surface area contributed by atoms with E-state index in [1.54, 1.807) is 6.92 Å².